The van der Waals surface area contributed by atoms with Gasteiger partial charge in [-0.1, -0.05) is 57.3 Å². The summed E-state index contributed by atoms with van der Waals surface area (Å²) in [6.45, 7) is 15.6. The van der Waals surface area contributed by atoms with Crippen LogP contribution in [0.2, 0.25) is 18.6 Å². The van der Waals surface area contributed by atoms with Crippen molar-refractivity contribution in [3.63, 3.8) is 0 Å². The van der Waals surface area contributed by atoms with E-state index in [0.29, 0.717) is 0 Å². The molecular formula is C22H35N3SSi. The highest BCUT2D eigenvalue weighted by Crippen LogP contribution is 2.63. The molecule has 4 unspecified atom stereocenters. The van der Waals surface area contributed by atoms with Crippen molar-refractivity contribution in [3.8, 4) is 0 Å². The lowest BCUT2D eigenvalue weighted by Gasteiger charge is -2.47. The molecule has 1 aliphatic carbocycles. The smallest absolute Gasteiger partial charge is 0.129 e. The number of allylic oxidation sites excluding steroid dienone is 2. The Bertz CT molecular complexity index is 697. The Hall–Kier alpha value is -0.593. The third-order valence-corrected chi connectivity index (χ3v) is 13.3. The second kappa shape index (κ2) is 7.67. The number of thioether (sulfide) groups is 1. The molecule has 1 aromatic rings. The Morgan fingerprint density at radius 2 is 1.78 bits per heavy atom. The number of benzene rings is 1. The summed E-state index contributed by atoms with van der Waals surface area (Å²) >= 11 is 2.21. The lowest BCUT2D eigenvalue weighted by Crippen LogP contribution is -2.64. The molecule has 0 spiro atoms. The van der Waals surface area contributed by atoms with Crippen molar-refractivity contribution < 1.29 is 0 Å². The summed E-state index contributed by atoms with van der Waals surface area (Å²) in [5, 5.41) is 7.85. The van der Waals surface area contributed by atoms with Gasteiger partial charge in [0.2, 0.25) is 0 Å². The van der Waals surface area contributed by atoms with Gasteiger partial charge in [-0.25, -0.2) is 0 Å². The number of fused-ring (bicyclic) bond motifs is 1. The van der Waals surface area contributed by atoms with Crippen LogP contribution in [0.1, 0.15) is 32.8 Å². The quantitative estimate of drug-likeness (QED) is 0.711. The van der Waals surface area contributed by atoms with E-state index in [9.17, 15) is 0 Å². The first-order valence-corrected chi connectivity index (χ1v) is 14.4. The van der Waals surface area contributed by atoms with E-state index in [0.717, 1.165) is 48.6 Å². The summed E-state index contributed by atoms with van der Waals surface area (Å²) in [6, 6.07) is 11.2. The Kier molecular flexibility index (Phi) is 5.60. The molecule has 148 valence electrons. The van der Waals surface area contributed by atoms with E-state index < -0.39 is 8.24 Å². The fourth-order valence-corrected chi connectivity index (χ4v) is 12.7. The fraction of sp³-hybridized carbons (Fsp3) is 0.636. The van der Waals surface area contributed by atoms with E-state index in [1.165, 1.54) is 12.0 Å². The average molecular weight is 402 g/mol. The molecule has 5 heteroatoms. The summed E-state index contributed by atoms with van der Waals surface area (Å²) in [7, 11) is -1.58. The lowest BCUT2D eigenvalue weighted by atomic mass is 9.88. The second-order valence-electron chi connectivity index (χ2n) is 9.38. The van der Waals surface area contributed by atoms with Gasteiger partial charge >= 0.3 is 0 Å². The maximum atomic E-state index is 3.54. The molecule has 0 aromatic heterocycles. The summed E-state index contributed by atoms with van der Waals surface area (Å²) in [6.07, 6.45) is 1.37. The van der Waals surface area contributed by atoms with Crippen molar-refractivity contribution in [2.75, 3.05) is 20.0 Å². The zero-order chi connectivity index (χ0) is 19.2. The van der Waals surface area contributed by atoms with Crippen molar-refractivity contribution in [2.24, 2.45) is 17.8 Å². The first-order chi connectivity index (χ1) is 12.9. The maximum Gasteiger partial charge on any atom is 0.129 e. The van der Waals surface area contributed by atoms with E-state index in [1.54, 1.807) is 10.5 Å². The van der Waals surface area contributed by atoms with Gasteiger partial charge in [-0.2, -0.15) is 0 Å². The summed E-state index contributed by atoms with van der Waals surface area (Å²) in [4.78, 5) is 1.57. The SMILES string of the molecule is CC1=C(c2ccccc2)C2CC(C(C)C)C([Si](C)(C)N3CNCNC3)C2S1. The van der Waals surface area contributed by atoms with Crippen LogP contribution in [0.25, 0.3) is 5.57 Å². The summed E-state index contributed by atoms with van der Waals surface area (Å²) in [5.41, 5.74) is 3.95. The molecule has 3 aliphatic rings. The van der Waals surface area contributed by atoms with Crippen molar-refractivity contribution in [2.45, 2.75) is 51.1 Å². The molecule has 1 saturated heterocycles. The Morgan fingerprint density at radius 3 is 2.41 bits per heavy atom. The molecular weight excluding hydrogens is 366 g/mol. The van der Waals surface area contributed by atoms with Crippen LogP contribution < -0.4 is 10.6 Å². The molecule has 3 nitrogen and oxygen atoms in total. The Labute approximate surface area is 170 Å². The largest absolute Gasteiger partial charge is 0.299 e. The molecule has 0 amide bonds. The first kappa shape index (κ1) is 19.7. The minimum absolute atomic E-state index is 0.729. The molecule has 2 fully saturated rings. The molecule has 4 atom stereocenters. The summed E-state index contributed by atoms with van der Waals surface area (Å²) < 4.78 is 2.76. The van der Waals surface area contributed by atoms with Crippen molar-refractivity contribution in [1.29, 1.82) is 0 Å². The van der Waals surface area contributed by atoms with Gasteiger partial charge in [-0.3, -0.25) is 15.2 Å². The van der Waals surface area contributed by atoms with Gasteiger partial charge in [0.05, 0.1) is 0 Å². The zero-order valence-electron chi connectivity index (χ0n) is 17.5. The van der Waals surface area contributed by atoms with Gasteiger partial charge in [0, 0.05) is 25.3 Å². The number of hydrogen-bond donors (Lipinski definition) is 2. The zero-order valence-corrected chi connectivity index (χ0v) is 19.3. The third-order valence-electron chi connectivity index (χ3n) is 7.23. The van der Waals surface area contributed by atoms with Crippen molar-refractivity contribution in [1.82, 2.24) is 15.2 Å². The van der Waals surface area contributed by atoms with Crippen LogP contribution in [-0.4, -0.2) is 38.1 Å². The Morgan fingerprint density at radius 1 is 1.11 bits per heavy atom. The van der Waals surface area contributed by atoms with Gasteiger partial charge in [-0.05, 0) is 52.7 Å². The molecule has 0 bridgehead atoms. The second-order valence-corrected chi connectivity index (χ2v) is 15.4. The highest BCUT2D eigenvalue weighted by molar-refractivity contribution is 8.04. The standard InChI is InChI=1S/C22H35N3SSi/c1-15(2)18-11-19-20(17-9-7-6-8-10-17)16(3)26-21(19)22(18)27(4,5)25-13-23-12-24-14-25/h6-10,15,18-19,21-24H,11-14H2,1-5H3. The van der Waals surface area contributed by atoms with Crippen LogP contribution in [-0.2, 0) is 0 Å². The topological polar surface area (TPSA) is 27.3 Å². The molecule has 4 rings (SSSR count). The van der Waals surface area contributed by atoms with Crippen LogP contribution in [0.4, 0.5) is 0 Å². The number of nitrogens with one attached hydrogen (secondary N) is 2. The van der Waals surface area contributed by atoms with Gasteiger partial charge in [0.25, 0.3) is 0 Å². The van der Waals surface area contributed by atoms with Gasteiger partial charge in [0.1, 0.15) is 8.24 Å². The predicted octanol–water partition coefficient (Wildman–Crippen LogP) is 4.77. The van der Waals surface area contributed by atoms with E-state index >= 15 is 0 Å². The van der Waals surface area contributed by atoms with E-state index in [1.807, 2.05) is 0 Å². The third kappa shape index (κ3) is 3.46. The highest BCUT2D eigenvalue weighted by Gasteiger charge is 2.57. The molecule has 27 heavy (non-hydrogen) atoms. The molecule has 1 saturated carbocycles. The van der Waals surface area contributed by atoms with Gasteiger partial charge < -0.3 is 0 Å². The highest BCUT2D eigenvalue weighted by atomic mass is 32.2. The lowest BCUT2D eigenvalue weighted by molar-refractivity contribution is 0.276. The molecule has 2 aliphatic heterocycles. The van der Waals surface area contributed by atoms with Crippen LogP contribution in [0, 0.1) is 17.8 Å². The van der Waals surface area contributed by atoms with E-state index in [-0.39, 0.29) is 0 Å². The van der Waals surface area contributed by atoms with Crippen molar-refractivity contribution in [3.05, 3.63) is 40.8 Å². The molecule has 1 aromatic carbocycles. The minimum atomic E-state index is -1.58. The monoisotopic (exact) mass is 401 g/mol. The van der Waals surface area contributed by atoms with Crippen LogP contribution >= 0.6 is 11.8 Å². The molecule has 2 heterocycles. The number of hydrogen-bond acceptors (Lipinski definition) is 4. The van der Waals surface area contributed by atoms with E-state index in [4.69, 9.17) is 0 Å². The van der Waals surface area contributed by atoms with Crippen LogP contribution in [0.15, 0.2) is 35.2 Å². The molecule has 2 N–H and O–H groups in total. The van der Waals surface area contributed by atoms with E-state index in [2.05, 4.69) is 91.2 Å². The molecule has 0 radical (unpaired) electrons. The van der Waals surface area contributed by atoms with Crippen LogP contribution in [0.5, 0.6) is 0 Å². The maximum absolute atomic E-state index is 3.54. The predicted molar refractivity (Wildman–Crippen MR) is 121 cm³/mol. The number of rotatable bonds is 4. The summed E-state index contributed by atoms with van der Waals surface area (Å²) in [5.74, 6) is 2.33. The van der Waals surface area contributed by atoms with Crippen molar-refractivity contribution >= 4 is 25.6 Å². The Balaban J connectivity index is 1.67. The normalized spacial score (nSPS) is 32.4. The first-order valence-electron chi connectivity index (χ1n) is 10.5. The average Bonchev–Trinajstić information content (AvgIpc) is 3.18. The van der Waals surface area contributed by atoms with Crippen LogP contribution in [0.3, 0.4) is 0 Å². The van der Waals surface area contributed by atoms with Gasteiger partial charge in [-0.15, -0.1) is 11.8 Å². The van der Waals surface area contributed by atoms with Gasteiger partial charge in [0.15, 0.2) is 0 Å². The minimum Gasteiger partial charge on any atom is -0.299 e. The number of nitrogens with zero attached hydrogens (tertiary/aromatic N) is 1. The fourth-order valence-electron chi connectivity index (χ4n) is 5.83.